The van der Waals surface area contributed by atoms with Crippen molar-refractivity contribution < 1.29 is 9.32 Å². The Morgan fingerprint density at radius 3 is 2.71 bits per heavy atom. The quantitative estimate of drug-likeness (QED) is 0.862. The molecule has 3 rings (SSSR count). The molecule has 1 aliphatic heterocycles. The van der Waals surface area contributed by atoms with E-state index in [1.54, 1.807) is 0 Å². The number of piperidine rings is 1. The summed E-state index contributed by atoms with van der Waals surface area (Å²) in [6, 6.07) is 9.65. The first-order valence-corrected chi connectivity index (χ1v) is 8.36. The maximum Gasteiger partial charge on any atom is 0.244 e. The zero-order chi connectivity index (χ0) is 17.1. The molecule has 1 aromatic carbocycles. The van der Waals surface area contributed by atoms with Gasteiger partial charge in [-0.05, 0) is 39.4 Å². The fraction of sp³-hybridized carbons (Fsp3) is 0.500. The number of aromatic nitrogens is 2. The summed E-state index contributed by atoms with van der Waals surface area (Å²) in [4.78, 5) is 21.4. The van der Waals surface area contributed by atoms with E-state index >= 15 is 0 Å². The van der Waals surface area contributed by atoms with Crippen LogP contribution in [0.2, 0.25) is 0 Å². The maximum absolute atomic E-state index is 13.1. The molecule has 1 aliphatic rings. The fourth-order valence-corrected chi connectivity index (χ4v) is 3.33. The van der Waals surface area contributed by atoms with Gasteiger partial charge in [0.2, 0.25) is 11.8 Å². The van der Waals surface area contributed by atoms with E-state index < -0.39 is 0 Å². The van der Waals surface area contributed by atoms with Gasteiger partial charge in [-0.15, -0.1) is 0 Å². The summed E-state index contributed by atoms with van der Waals surface area (Å²) >= 11 is 0. The van der Waals surface area contributed by atoms with Crippen LogP contribution in [0.15, 0.2) is 34.9 Å². The third-order valence-corrected chi connectivity index (χ3v) is 4.49. The molecule has 24 heavy (non-hydrogen) atoms. The fourth-order valence-electron chi connectivity index (χ4n) is 3.33. The van der Waals surface area contributed by atoms with E-state index in [0.29, 0.717) is 18.3 Å². The number of carbonyl (C=O) groups is 1. The average molecular weight is 328 g/mol. The van der Waals surface area contributed by atoms with Crippen LogP contribution in [0.3, 0.4) is 0 Å². The monoisotopic (exact) mass is 328 g/mol. The maximum atomic E-state index is 13.1. The lowest BCUT2D eigenvalue weighted by Crippen LogP contribution is -2.45. The van der Waals surface area contributed by atoms with Crippen molar-refractivity contribution in [2.45, 2.75) is 31.7 Å². The third-order valence-electron chi connectivity index (χ3n) is 4.49. The molecule has 6 heteroatoms. The smallest absolute Gasteiger partial charge is 0.244 e. The summed E-state index contributed by atoms with van der Waals surface area (Å²) in [5.41, 5.74) is 1.02. The Labute approximate surface area is 142 Å². The molecule has 0 saturated carbocycles. The Morgan fingerprint density at radius 2 is 2.08 bits per heavy atom. The van der Waals surface area contributed by atoms with Crippen molar-refractivity contribution in [2.24, 2.45) is 0 Å². The van der Waals surface area contributed by atoms with E-state index in [1.165, 1.54) is 0 Å². The van der Waals surface area contributed by atoms with E-state index in [9.17, 15) is 4.79 Å². The highest BCUT2D eigenvalue weighted by atomic mass is 16.5. The Morgan fingerprint density at radius 1 is 1.33 bits per heavy atom. The van der Waals surface area contributed by atoms with Crippen molar-refractivity contribution in [3.8, 4) is 0 Å². The van der Waals surface area contributed by atoms with Crippen LogP contribution in [-0.4, -0.2) is 53.0 Å². The number of nitrogens with zero attached hydrogens (tertiary/aromatic N) is 4. The second-order valence-corrected chi connectivity index (χ2v) is 6.58. The minimum absolute atomic E-state index is 0.127. The number of hydrogen-bond donors (Lipinski definition) is 0. The molecule has 0 bridgehead atoms. The molecule has 128 valence electrons. The lowest BCUT2D eigenvalue weighted by atomic mass is 9.96. The van der Waals surface area contributed by atoms with Crippen LogP contribution in [0.1, 0.15) is 42.1 Å². The molecule has 1 fully saturated rings. The predicted octanol–water partition coefficient (Wildman–Crippen LogP) is 2.39. The Kier molecular flexibility index (Phi) is 4.94. The van der Waals surface area contributed by atoms with Gasteiger partial charge in [0.1, 0.15) is 6.04 Å². The Balaban J connectivity index is 1.77. The van der Waals surface area contributed by atoms with Crippen molar-refractivity contribution >= 4 is 5.91 Å². The Bertz CT molecular complexity index is 683. The number of aryl methyl sites for hydroxylation is 1. The van der Waals surface area contributed by atoms with Crippen LogP contribution < -0.4 is 0 Å². The number of likely N-dealkylation sites (N-methyl/N-ethyl adjacent to an activating group) is 1. The van der Waals surface area contributed by atoms with Crippen molar-refractivity contribution in [1.82, 2.24) is 19.9 Å². The lowest BCUT2D eigenvalue weighted by molar-refractivity contribution is -0.137. The summed E-state index contributed by atoms with van der Waals surface area (Å²) in [5, 5.41) is 3.87. The molecule has 1 aromatic heterocycles. The minimum atomic E-state index is -0.269. The predicted molar refractivity (Wildman–Crippen MR) is 90.5 cm³/mol. The molecule has 2 heterocycles. The van der Waals surface area contributed by atoms with Gasteiger partial charge in [-0.1, -0.05) is 35.5 Å². The van der Waals surface area contributed by atoms with Gasteiger partial charge >= 0.3 is 0 Å². The summed E-state index contributed by atoms with van der Waals surface area (Å²) in [5.74, 6) is 1.55. The van der Waals surface area contributed by atoms with E-state index in [4.69, 9.17) is 4.52 Å². The van der Waals surface area contributed by atoms with Gasteiger partial charge in [0.15, 0.2) is 5.82 Å². The molecule has 0 radical (unpaired) electrons. The third kappa shape index (κ3) is 3.48. The first-order chi connectivity index (χ1) is 11.6. The summed E-state index contributed by atoms with van der Waals surface area (Å²) < 4.78 is 5.31. The largest absolute Gasteiger partial charge is 0.340 e. The summed E-state index contributed by atoms with van der Waals surface area (Å²) in [7, 11) is 3.89. The van der Waals surface area contributed by atoms with E-state index in [2.05, 4.69) is 10.1 Å². The number of amides is 1. The van der Waals surface area contributed by atoms with E-state index in [0.717, 1.165) is 24.9 Å². The second kappa shape index (κ2) is 7.13. The highest BCUT2D eigenvalue weighted by molar-refractivity contribution is 5.83. The number of carbonyl (C=O) groups excluding carboxylic acids is 1. The molecule has 0 unspecified atom stereocenters. The first-order valence-electron chi connectivity index (χ1n) is 8.36. The van der Waals surface area contributed by atoms with Crippen molar-refractivity contribution in [1.29, 1.82) is 0 Å². The highest BCUT2D eigenvalue weighted by Gasteiger charge is 2.33. The summed E-state index contributed by atoms with van der Waals surface area (Å²) in [6.45, 7) is 3.23. The first kappa shape index (κ1) is 16.6. The second-order valence-electron chi connectivity index (χ2n) is 6.58. The van der Waals surface area contributed by atoms with Crippen LogP contribution in [0.25, 0.3) is 0 Å². The normalized spacial score (nSPS) is 19.5. The van der Waals surface area contributed by atoms with Gasteiger partial charge in [-0.2, -0.15) is 4.98 Å². The molecule has 6 nitrogen and oxygen atoms in total. The molecule has 2 atom stereocenters. The standard InChI is InChI=1S/C18H24N4O2/c1-13-19-17(24-20-13)15-10-7-11-22(12-15)18(23)16(21(2)3)14-8-5-4-6-9-14/h4-6,8-9,15-16H,7,10-12H2,1-3H3/t15-,16+/m1/s1. The van der Waals surface area contributed by atoms with Gasteiger partial charge in [0.25, 0.3) is 0 Å². The van der Waals surface area contributed by atoms with Crippen LogP contribution in [0, 0.1) is 6.92 Å². The minimum Gasteiger partial charge on any atom is -0.340 e. The van der Waals surface area contributed by atoms with Gasteiger partial charge in [0.05, 0.1) is 5.92 Å². The van der Waals surface area contributed by atoms with E-state index in [-0.39, 0.29) is 17.9 Å². The van der Waals surface area contributed by atoms with Gasteiger partial charge in [-0.25, -0.2) is 0 Å². The zero-order valence-corrected chi connectivity index (χ0v) is 14.5. The number of likely N-dealkylation sites (tertiary alicyclic amines) is 1. The van der Waals surface area contributed by atoms with Crippen molar-refractivity contribution in [3.05, 3.63) is 47.6 Å². The molecular formula is C18H24N4O2. The van der Waals surface area contributed by atoms with Crippen LogP contribution in [0.4, 0.5) is 0 Å². The molecule has 1 amide bonds. The molecular weight excluding hydrogens is 304 g/mol. The molecule has 0 N–H and O–H groups in total. The van der Waals surface area contributed by atoms with Gasteiger partial charge in [0, 0.05) is 13.1 Å². The molecule has 2 aromatic rings. The van der Waals surface area contributed by atoms with Crippen molar-refractivity contribution in [2.75, 3.05) is 27.2 Å². The average Bonchev–Trinajstić information content (AvgIpc) is 3.02. The van der Waals surface area contributed by atoms with Crippen LogP contribution >= 0.6 is 0 Å². The van der Waals surface area contributed by atoms with E-state index in [1.807, 2.05) is 61.2 Å². The Hall–Kier alpha value is -2.21. The number of rotatable bonds is 4. The topological polar surface area (TPSA) is 62.5 Å². The molecule has 0 aliphatic carbocycles. The SMILES string of the molecule is Cc1noc([C@@H]2CCCN(C(=O)[C@H](c3ccccc3)N(C)C)C2)n1. The van der Waals surface area contributed by atoms with Crippen LogP contribution in [0.5, 0.6) is 0 Å². The van der Waals surface area contributed by atoms with Crippen molar-refractivity contribution in [3.63, 3.8) is 0 Å². The highest BCUT2D eigenvalue weighted by Crippen LogP contribution is 2.29. The molecule has 0 spiro atoms. The molecule has 1 saturated heterocycles. The van der Waals surface area contributed by atoms with Gasteiger partial charge < -0.3 is 9.42 Å². The zero-order valence-electron chi connectivity index (χ0n) is 14.5. The van der Waals surface area contributed by atoms with Crippen LogP contribution in [-0.2, 0) is 4.79 Å². The van der Waals surface area contributed by atoms with Gasteiger partial charge in [-0.3, -0.25) is 9.69 Å². The lowest BCUT2D eigenvalue weighted by Gasteiger charge is -2.35. The number of hydrogen-bond acceptors (Lipinski definition) is 5. The number of benzene rings is 1. The summed E-state index contributed by atoms with van der Waals surface area (Å²) in [6.07, 6.45) is 1.93.